The highest BCUT2D eigenvalue weighted by molar-refractivity contribution is 6.25. The first-order valence-electron chi connectivity index (χ1n) is 18.3. The molecule has 0 fully saturated rings. The summed E-state index contributed by atoms with van der Waals surface area (Å²) in [6, 6.07) is 53.8. The Morgan fingerprint density at radius 1 is 0.527 bits per heavy atom. The van der Waals surface area contributed by atoms with Gasteiger partial charge in [0.15, 0.2) is 17.5 Å². The van der Waals surface area contributed by atoms with Crippen molar-refractivity contribution in [2.24, 2.45) is 0 Å². The number of hydrogen-bond donors (Lipinski definition) is 0. The lowest BCUT2D eigenvalue weighted by Gasteiger charge is -2.29. The Bertz CT molecular complexity index is 3070. The van der Waals surface area contributed by atoms with E-state index >= 15 is 0 Å². The van der Waals surface area contributed by atoms with E-state index in [1.165, 1.54) is 0 Å². The van der Waals surface area contributed by atoms with Crippen LogP contribution in [-0.2, 0) is 15.3 Å². The fourth-order valence-electron chi connectivity index (χ4n) is 8.57. The van der Waals surface area contributed by atoms with Crippen LogP contribution < -0.4 is 0 Å². The first-order chi connectivity index (χ1) is 27.2. The van der Waals surface area contributed by atoms with Gasteiger partial charge in [-0.1, -0.05) is 127 Å². The van der Waals surface area contributed by atoms with Gasteiger partial charge in [-0.15, -0.1) is 0 Å². The van der Waals surface area contributed by atoms with Crippen molar-refractivity contribution in [1.29, 1.82) is 0 Å². The van der Waals surface area contributed by atoms with E-state index in [2.05, 4.69) is 83.4 Å². The molecule has 7 heteroatoms. The molecule has 0 N–H and O–H groups in total. The van der Waals surface area contributed by atoms with E-state index in [4.69, 9.17) is 28.8 Å². The van der Waals surface area contributed by atoms with Crippen LogP contribution in [0.3, 0.4) is 0 Å². The van der Waals surface area contributed by atoms with E-state index in [0.717, 1.165) is 88.4 Å². The fraction of sp³-hybridized carbons (Fsp3) is 0.0625. The summed E-state index contributed by atoms with van der Waals surface area (Å²) in [6.45, 7) is 0. The number of rotatable bonds is 6. The Balaban J connectivity index is 1.23. The maximum atomic E-state index is 6.71. The summed E-state index contributed by atoms with van der Waals surface area (Å²) in [5.74, 6) is 0.654. The summed E-state index contributed by atoms with van der Waals surface area (Å²) in [4.78, 5) is 15.0. The molecule has 0 saturated heterocycles. The van der Waals surface area contributed by atoms with E-state index in [-0.39, 0.29) is 0 Å². The average molecular weight is 713 g/mol. The molecule has 10 aromatic rings. The number of para-hydroxylation sites is 1. The highest BCUT2D eigenvalue weighted by Gasteiger charge is 2.47. The molecule has 7 aromatic carbocycles. The molecule has 0 spiro atoms. The van der Waals surface area contributed by atoms with Gasteiger partial charge in [0.05, 0.1) is 16.4 Å². The van der Waals surface area contributed by atoms with Gasteiger partial charge in [-0.25, -0.2) is 15.0 Å². The molecular weight excluding hydrogens is 681 g/mol. The van der Waals surface area contributed by atoms with Crippen LogP contribution in [0.15, 0.2) is 162 Å². The summed E-state index contributed by atoms with van der Waals surface area (Å²) >= 11 is 0. The van der Waals surface area contributed by atoms with Crippen molar-refractivity contribution >= 4 is 43.7 Å². The lowest BCUT2D eigenvalue weighted by Crippen LogP contribution is -2.30. The second-order valence-corrected chi connectivity index (χ2v) is 13.8. The van der Waals surface area contributed by atoms with E-state index in [1.54, 1.807) is 14.2 Å². The van der Waals surface area contributed by atoms with E-state index < -0.39 is 5.79 Å². The quantitative estimate of drug-likeness (QED) is 0.160. The second kappa shape index (κ2) is 12.0. The van der Waals surface area contributed by atoms with Crippen LogP contribution in [-0.4, -0.2) is 33.7 Å². The number of furan rings is 1. The normalized spacial score (nSPS) is 13.2. The van der Waals surface area contributed by atoms with Crippen molar-refractivity contribution in [2.75, 3.05) is 14.2 Å². The van der Waals surface area contributed by atoms with Crippen molar-refractivity contribution in [3.05, 3.63) is 169 Å². The number of benzene rings is 7. The van der Waals surface area contributed by atoms with Crippen molar-refractivity contribution in [1.82, 2.24) is 19.5 Å². The molecule has 0 radical (unpaired) electrons. The minimum atomic E-state index is -1.15. The van der Waals surface area contributed by atoms with Crippen LogP contribution in [0.5, 0.6) is 0 Å². The number of nitrogens with zero attached hydrogens (tertiary/aromatic N) is 4. The minimum absolute atomic E-state index is 0.579. The molecule has 0 unspecified atom stereocenters. The Morgan fingerprint density at radius 2 is 1.15 bits per heavy atom. The zero-order chi connectivity index (χ0) is 36.7. The van der Waals surface area contributed by atoms with Crippen LogP contribution >= 0.6 is 0 Å². The summed E-state index contributed by atoms with van der Waals surface area (Å²) in [6.07, 6.45) is 0. The number of fused-ring (bicyclic) bond motifs is 11. The molecular formula is C48H32N4O3. The Morgan fingerprint density at radius 3 is 1.87 bits per heavy atom. The lowest BCUT2D eigenvalue weighted by atomic mass is 9.99. The Hall–Kier alpha value is -6.93. The smallest absolute Gasteiger partial charge is 0.225 e. The third-order valence-electron chi connectivity index (χ3n) is 11.0. The highest BCUT2D eigenvalue weighted by atomic mass is 16.7. The van der Waals surface area contributed by atoms with Gasteiger partial charge in [-0.3, -0.25) is 0 Å². The zero-order valence-electron chi connectivity index (χ0n) is 30.0. The van der Waals surface area contributed by atoms with Crippen LogP contribution in [0.4, 0.5) is 0 Å². The molecule has 0 saturated carbocycles. The number of ether oxygens (including phenoxy) is 2. The summed E-state index contributed by atoms with van der Waals surface area (Å²) < 4.78 is 21.9. The molecule has 0 atom stereocenters. The fourth-order valence-corrected chi connectivity index (χ4v) is 8.57. The maximum absolute atomic E-state index is 6.71. The maximum Gasteiger partial charge on any atom is 0.225 e. The minimum Gasteiger partial charge on any atom is -0.455 e. The molecule has 1 aliphatic rings. The molecule has 3 heterocycles. The standard InChI is InChI=1S/C48H32N4O3/c1-53-48(54-2)38-22-11-9-20-33(38)35-24-25-37-41-39(27-26-36-34-21-10-12-23-40(34)55-44(36)41)52(43(37)42(35)48)32-19-13-18-31(28-32)47-50-45(29-14-5-3-6-15-29)49-46(51-47)30-16-7-4-8-17-30/h3-28H,1-2H3. The molecule has 7 nitrogen and oxygen atoms in total. The SMILES string of the molecule is COC1(OC)c2ccccc2-c2ccc3c4c5oc6ccccc6c5ccc4n(-c4cccc(-c5nc(-c6ccccc6)nc(-c6ccccc6)n5)c4)c3c21. The second-order valence-electron chi connectivity index (χ2n) is 13.8. The van der Waals surface area contributed by atoms with Crippen molar-refractivity contribution in [2.45, 2.75) is 5.79 Å². The molecule has 0 bridgehead atoms. The van der Waals surface area contributed by atoms with Crippen LogP contribution in [0.25, 0.3) is 94.7 Å². The Labute approximate surface area is 316 Å². The molecule has 0 amide bonds. The number of methoxy groups -OCH3 is 2. The van der Waals surface area contributed by atoms with Crippen LogP contribution in [0.2, 0.25) is 0 Å². The third kappa shape index (κ3) is 4.54. The monoisotopic (exact) mass is 712 g/mol. The summed E-state index contributed by atoms with van der Waals surface area (Å²) in [7, 11) is 3.43. The topological polar surface area (TPSA) is 75.2 Å². The van der Waals surface area contributed by atoms with Gasteiger partial charge in [0.2, 0.25) is 5.79 Å². The Kier molecular flexibility index (Phi) is 6.92. The van der Waals surface area contributed by atoms with Crippen molar-refractivity contribution < 1.29 is 13.9 Å². The van der Waals surface area contributed by atoms with Crippen LogP contribution in [0, 0.1) is 0 Å². The largest absolute Gasteiger partial charge is 0.455 e. The highest BCUT2D eigenvalue weighted by Crippen LogP contribution is 2.54. The summed E-state index contributed by atoms with van der Waals surface area (Å²) in [5, 5.41) is 4.20. The predicted molar refractivity (Wildman–Crippen MR) is 218 cm³/mol. The molecule has 55 heavy (non-hydrogen) atoms. The molecule has 11 rings (SSSR count). The van der Waals surface area contributed by atoms with Gasteiger partial charge in [-0.05, 0) is 41.5 Å². The van der Waals surface area contributed by atoms with Crippen LogP contribution in [0.1, 0.15) is 11.1 Å². The lowest BCUT2D eigenvalue weighted by molar-refractivity contribution is -0.179. The summed E-state index contributed by atoms with van der Waals surface area (Å²) in [5.41, 5.74) is 11.3. The van der Waals surface area contributed by atoms with E-state index in [9.17, 15) is 0 Å². The number of hydrogen-bond acceptors (Lipinski definition) is 6. The predicted octanol–water partition coefficient (Wildman–Crippen LogP) is 11.3. The van der Waals surface area contributed by atoms with Gasteiger partial charge in [0.25, 0.3) is 0 Å². The molecule has 1 aliphatic carbocycles. The first kappa shape index (κ1) is 31.6. The van der Waals surface area contributed by atoms with Crippen molar-refractivity contribution in [3.8, 4) is 51.0 Å². The van der Waals surface area contributed by atoms with Crippen molar-refractivity contribution in [3.63, 3.8) is 0 Å². The molecule has 3 aromatic heterocycles. The molecule has 0 aliphatic heterocycles. The van der Waals surface area contributed by atoms with Gasteiger partial charge in [0.1, 0.15) is 11.2 Å². The van der Waals surface area contributed by atoms with Gasteiger partial charge in [-0.2, -0.15) is 0 Å². The third-order valence-corrected chi connectivity index (χ3v) is 11.0. The number of aromatic nitrogens is 4. The van der Waals surface area contributed by atoms with E-state index in [0.29, 0.717) is 17.5 Å². The van der Waals surface area contributed by atoms with Gasteiger partial charge >= 0.3 is 0 Å². The first-order valence-corrected chi connectivity index (χ1v) is 18.3. The molecule has 262 valence electrons. The zero-order valence-corrected chi connectivity index (χ0v) is 30.0. The van der Waals surface area contributed by atoms with E-state index in [1.807, 2.05) is 78.9 Å². The van der Waals surface area contributed by atoms with Gasteiger partial charge in [0, 0.05) is 63.9 Å². The average Bonchev–Trinajstić information content (AvgIpc) is 3.90. The van der Waals surface area contributed by atoms with Gasteiger partial charge < -0.3 is 18.5 Å².